The number of anilines is 1. The number of rotatable bonds is 1. The second-order valence-corrected chi connectivity index (χ2v) is 4.73. The molecular formula is C12H9FN2OS. The molecule has 0 saturated carbocycles. The normalized spacial score (nSPS) is 18.2. The van der Waals surface area contributed by atoms with Crippen LogP contribution < -0.4 is 10.6 Å². The van der Waals surface area contributed by atoms with E-state index in [-0.39, 0.29) is 17.8 Å². The van der Waals surface area contributed by atoms with Crippen LogP contribution in [0.1, 0.15) is 16.5 Å². The number of fused-ring (bicyclic) bond motifs is 1. The molecule has 2 N–H and O–H groups in total. The minimum absolute atomic E-state index is 0.269. The third-order valence-electron chi connectivity index (χ3n) is 2.70. The van der Waals surface area contributed by atoms with Crippen LogP contribution in [0.2, 0.25) is 0 Å². The van der Waals surface area contributed by atoms with Gasteiger partial charge in [-0.1, -0.05) is 18.2 Å². The summed E-state index contributed by atoms with van der Waals surface area (Å²) >= 11 is 1.54. The zero-order valence-corrected chi connectivity index (χ0v) is 9.55. The van der Waals surface area contributed by atoms with Crippen molar-refractivity contribution in [3.63, 3.8) is 0 Å². The first-order valence-corrected chi connectivity index (χ1v) is 6.03. The third kappa shape index (κ3) is 1.68. The van der Waals surface area contributed by atoms with E-state index in [0.717, 1.165) is 10.4 Å². The number of para-hydroxylation sites is 1. The van der Waals surface area contributed by atoms with E-state index in [1.807, 2.05) is 23.6 Å². The van der Waals surface area contributed by atoms with Gasteiger partial charge in [-0.2, -0.15) is 0 Å². The number of benzene rings is 1. The lowest BCUT2D eigenvalue weighted by Crippen LogP contribution is -2.38. The number of thiophene rings is 1. The Labute approximate surface area is 101 Å². The fourth-order valence-electron chi connectivity index (χ4n) is 1.95. The Morgan fingerprint density at radius 3 is 2.88 bits per heavy atom. The first-order valence-electron chi connectivity index (χ1n) is 5.15. The molecule has 1 aliphatic heterocycles. The Bertz CT molecular complexity index is 568. The Hall–Kier alpha value is -1.88. The number of hydrogen-bond donors (Lipinski definition) is 2. The SMILES string of the molecule is O=C1Nc2c(F)cccc2C(c2cccs2)N1. The molecule has 1 aromatic heterocycles. The summed E-state index contributed by atoms with van der Waals surface area (Å²) < 4.78 is 13.6. The molecule has 17 heavy (non-hydrogen) atoms. The highest BCUT2D eigenvalue weighted by atomic mass is 32.1. The Balaban J connectivity index is 2.15. The van der Waals surface area contributed by atoms with Crippen molar-refractivity contribution < 1.29 is 9.18 Å². The Kier molecular flexibility index (Phi) is 2.33. The monoisotopic (exact) mass is 248 g/mol. The van der Waals surface area contributed by atoms with Gasteiger partial charge in [0.2, 0.25) is 0 Å². The van der Waals surface area contributed by atoms with Gasteiger partial charge in [-0.05, 0) is 17.5 Å². The van der Waals surface area contributed by atoms with Crippen LogP contribution >= 0.6 is 11.3 Å². The van der Waals surface area contributed by atoms with E-state index in [4.69, 9.17) is 0 Å². The van der Waals surface area contributed by atoms with Crippen molar-refractivity contribution in [2.75, 3.05) is 5.32 Å². The lowest BCUT2D eigenvalue weighted by molar-refractivity contribution is 0.249. The van der Waals surface area contributed by atoms with Crippen molar-refractivity contribution in [3.05, 3.63) is 52.0 Å². The fraction of sp³-hybridized carbons (Fsp3) is 0.0833. The molecular weight excluding hydrogens is 239 g/mol. The molecule has 3 rings (SSSR count). The van der Waals surface area contributed by atoms with Gasteiger partial charge in [-0.3, -0.25) is 0 Å². The summed E-state index contributed by atoms with van der Waals surface area (Å²) in [5, 5.41) is 7.23. The van der Waals surface area contributed by atoms with Crippen molar-refractivity contribution in [3.8, 4) is 0 Å². The van der Waals surface area contributed by atoms with Gasteiger partial charge in [0.25, 0.3) is 0 Å². The Morgan fingerprint density at radius 2 is 2.12 bits per heavy atom. The van der Waals surface area contributed by atoms with E-state index in [9.17, 15) is 9.18 Å². The van der Waals surface area contributed by atoms with Gasteiger partial charge in [-0.15, -0.1) is 11.3 Å². The minimum atomic E-state index is -0.404. The number of halogens is 1. The molecule has 0 spiro atoms. The highest BCUT2D eigenvalue weighted by Gasteiger charge is 2.27. The smallest absolute Gasteiger partial charge is 0.320 e. The molecule has 2 amide bonds. The molecule has 3 nitrogen and oxygen atoms in total. The van der Waals surface area contributed by atoms with E-state index in [1.165, 1.54) is 17.4 Å². The summed E-state index contributed by atoms with van der Waals surface area (Å²) in [4.78, 5) is 12.5. The third-order valence-corrected chi connectivity index (χ3v) is 3.64. The van der Waals surface area contributed by atoms with E-state index >= 15 is 0 Å². The van der Waals surface area contributed by atoms with E-state index < -0.39 is 5.82 Å². The van der Waals surface area contributed by atoms with Crippen molar-refractivity contribution >= 4 is 23.1 Å². The number of urea groups is 1. The lowest BCUT2D eigenvalue weighted by Gasteiger charge is -2.26. The van der Waals surface area contributed by atoms with Crippen molar-refractivity contribution in [2.24, 2.45) is 0 Å². The van der Waals surface area contributed by atoms with Crippen molar-refractivity contribution in [1.29, 1.82) is 0 Å². The largest absolute Gasteiger partial charge is 0.326 e. The number of amides is 2. The maximum absolute atomic E-state index is 13.6. The van der Waals surface area contributed by atoms with Crippen LogP contribution in [0.25, 0.3) is 0 Å². The van der Waals surface area contributed by atoms with Crippen LogP contribution in [0.3, 0.4) is 0 Å². The molecule has 1 unspecified atom stereocenters. The first kappa shape index (κ1) is 10.3. The van der Waals surface area contributed by atoms with E-state index in [0.29, 0.717) is 0 Å². The number of carbonyl (C=O) groups is 1. The van der Waals surface area contributed by atoms with Gasteiger partial charge in [0.05, 0.1) is 11.7 Å². The molecule has 2 heterocycles. The second kappa shape index (κ2) is 3.85. The molecule has 0 saturated heterocycles. The molecule has 1 aromatic carbocycles. The van der Waals surface area contributed by atoms with Crippen molar-refractivity contribution in [1.82, 2.24) is 5.32 Å². The van der Waals surface area contributed by atoms with Gasteiger partial charge in [0.1, 0.15) is 5.82 Å². The molecule has 86 valence electrons. The van der Waals surface area contributed by atoms with Gasteiger partial charge in [0.15, 0.2) is 0 Å². The topological polar surface area (TPSA) is 41.1 Å². The van der Waals surface area contributed by atoms with E-state index in [2.05, 4.69) is 10.6 Å². The van der Waals surface area contributed by atoms with Crippen molar-refractivity contribution in [2.45, 2.75) is 6.04 Å². The highest BCUT2D eigenvalue weighted by Crippen LogP contribution is 2.34. The van der Waals surface area contributed by atoms with Crippen LogP contribution in [0.4, 0.5) is 14.9 Å². The summed E-state index contributed by atoms with van der Waals surface area (Å²) in [6, 6.07) is 8.00. The zero-order chi connectivity index (χ0) is 11.8. The average Bonchev–Trinajstić information content (AvgIpc) is 2.83. The number of hydrogen-bond acceptors (Lipinski definition) is 2. The predicted octanol–water partition coefficient (Wildman–Crippen LogP) is 3.11. The summed E-state index contributed by atoms with van der Waals surface area (Å²) in [6.07, 6.45) is 0. The highest BCUT2D eigenvalue weighted by molar-refractivity contribution is 7.10. The van der Waals surface area contributed by atoms with Crippen LogP contribution in [0.15, 0.2) is 35.7 Å². The molecule has 1 aliphatic rings. The summed E-state index contributed by atoms with van der Waals surface area (Å²) in [6.45, 7) is 0. The van der Waals surface area contributed by atoms with Gasteiger partial charge >= 0.3 is 6.03 Å². The van der Waals surface area contributed by atoms with Gasteiger partial charge in [-0.25, -0.2) is 9.18 Å². The second-order valence-electron chi connectivity index (χ2n) is 3.75. The maximum atomic E-state index is 13.6. The fourth-order valence-corrected chi connectivity index (χ4v) is 2.75. The predicted molar refractivity (Wildman–Crippen MR) is 64.7 cm³/mol. The molecule has 0 radical (unpaired) electrons. The summed E-state index contributed by atoms with van der Waals surface area (Å²) in [5.41, 5.74) is 1.03. The standard InChI is InChI=1S/C12H9FN2OS/c13-8-4-1-3-7-10(8)14-12(16)15-11(7)9-5-2-6-17-9/h1-6,11H,(H2,14,15,16). The number of carbonyl (C=O) groups excluding carboxylic acids is 1. The maximum Gasteiger partial charge on any atom is 0.320 e. The van der Waals surface area contributed by atoms with Crippen LogP contribution in [-0.4, -0.2) is 6.03 Å². The quantitative estimate of drug-likeness (QED) is 0.800. The zero-order valence-electron chi connectivity index (χ0n) is 8.74. The average molecular weight is 248 g/mol. The molecule has 1 atom stereocenters. The van der Waals surface area contributed by atoms with Gasteiger partial charge in [0, 0.05) is 10.4 Å². The molecule has 0 aliphatic carbocycles. The summed E-state index contributed by atoms with van der Waals surface area (Å²) in [5.74, 6) is -0.404. The van der Waals surface area contributed by atoms with E-state index in [1.54, 1.807) is 6.07 Å². The van der Waals surface area contributed by atoms with Gasteiger partial charge < -0.3 is 10.6 Å². The molecule has 0 fully saturated rings. The van der Waals surface area contributed by atoms with Crippen LogP contribution in [0.5, 0.6) is 0 Å². The number of nitrogens with one attached hydrogen (secondary N) is 2. The lowest BCUT2D eigenvalue weighted by atomic mass is 10.0. The Morgan fingerprint density at radius 1 is 1.24 bits per heavy atom. The summed E-state index contributed by atoms with van der Waals surface area (Å²) in [7, 11) is 0. The first-order chi connectivity index (χ1) is 8.25. The molecule has 5 heteroatoms. The molecule has 0 bridgehead atoms. The molecule has 2 aromatic rings. The minimum Gasteiger partial charge on any atom is -0.326 e. The van der Waals surface area contributed by atoms with Crippen LogP contribution in [0, 0.1) is 5.82 Å². The van der Waals surface area contributed by atoms with Crippen LogP contribution in [-0.2, 0) is 0 Å².